The number of rotatable bonds is 5. The third-order valence-corrected chi connectivity index (χ3v) is 4.84. The highest BCUT2D eigenvalue weighted by Crippen LogP contribution is 2.25. The summed E-state index contributed by atoms with van der Waals surface area (Å²) in [5, 5.41) is 3.53. The van der Waals surface area contributed by atoms with Crippen molar-refractivity contribution in [1.82, 2.24) is 4.98 Å². The lowest BCUT2D eigenvalue weighted by Gasteiger charge is -2.02. The minimum atomic E-state index is -0.00464. The van der Waals surface area contributed by atoms with Crippen molar-refractivity contribution in [1.29, 1.82) is 0 Å². The second-order valence-electron chi connectivity index (χ2n) is 4.51. The molecule has 3 nitrogen and oxygen atoms in total. The Morgan fingerprint density at radius 1 is 1.10 bits per heavy atom. The van der Waals surface area contributed by atoms with Gasteiger partial charge in [0.1, 0.15) is 0 Å². The Kier molecular flexibility index (Phi) is 4.52. The number of hydrogen-bond acceptors (Lipinski definition) is 4. The van der Waals surface area contributed by atoms with Gasteiger partial charge in [0.15, 0.2) is 5.13 Å². The molecular weight excluding hydrogens is 300 g/mol. The van der Waals surface area contributed by atoms with Gasteiger partial charge in [-0.05, 0) is 17.7 Å². The number of nitrogens with zero attached hydrogens (tertiary/aromatic N) is 1. The standard InChI is InChI=1S/C16H14N2OS2/c19-15(11-20-10-12-6-2-1-3-7-12)18-16-17-13-8-4-5-9-14(13)21-16/h1-9H,10-11H2,(H,17,18,19). The molecular formula is C16H14N2OS2. The number of nitrogens with one attached hydrogen (secondary N) is 1. The van der Waals surface area contributed by atoms with Gasteiger partial charge >= 0.3 is 0 Å². The Bertz CT molecular complexity index is 707. The highest BCUT2D eigenvalue weighted by atomic mass is 32.2. The van der Waals surface area contributed by atoms with E-state index in [-0.39, 0.29) is 5.91 Å². The molecule has 0 saturated carbocycles. The van der Waals surface area contributed by atoms with Crippen LogP contribution in [0.2, 0.25) is 0 Å². The van der Waals surface area contributed by atoms with Crippen molar-refractivity contribution in [3.63, 3.8) is 0 Å². The van der Waals surface area contributed by atoms with Gasteiger partial charge in [-0.15, -0.1) is 11.8 Å². The van der Waals surface area contributed by atoms with Crippen LogP contribution in [0.1, 0.15) is 5.56 Å². The molecule has 0 aliphatic carbocycles. The number of hydrogen-bond donors (Lipinski definition) is 1. The summed E-state index contributed by atoms with van der Waals surface area (Å²) >= 11 is 3.11. The van der Waals surface area contributed by atoms with Gasteiger partial charge in [-0.3, -0.25) is 4.79 Å². The number of fused-ring (bicyclic) bond motifs is 1. The number of carbonyl (C=O) groups is 1. The normalized spacial score (nSPS) is 10.7. The summed E-state index contributed by atoms with van der Waals surface area (Å²) < 4.78 is 1.09. The van der Waals surface area contributed by atoms with Gasteiger partial charge in [0, 0.05) is 5.75 Å². The molecule has 0 unspecified atom stereocenters. The lowest BCUT2D eigenvalue weighted by molar-refractivity contribution is -0.113. The van der Waals surface area contributed by atoms with E-state index in [9.17, 15) is 4.79 Å². The monoisotopic (exact) mass is 314 g/mol. The Labute approximate surface area is 131 Å². The van der Waals surface area contributed by atoms with Crippen LogP contribution in [0.25, 0.3) is 10.2 Å². The molecule has 0 atom stereocenters. The van der Waals surface area contributed by atoms with Gasteiger partial charge in [0.2, 0.25) is 5.91 Å². The number of aromatic nitrogens is 1. The van der Waals surface area contributed by atoms with E-state index in [0.29, 0.717) is 10.9 Å². The molecule has 0 aliphatic heterocycles. The van der Waals surface area contributed by atoms with Crippen molar-refractivity contribution in [2.24, 2.45) is 0 Å². The summed E-state index contributed by atoms with van der Waals surface area (Å²) in [5.41, 5.74) is 2.16. The van der Waals surface area contributed by atoms with Crippen molar-refractivity contribution >= 4 is 44.4 Å². The van der Waals surface area contributed by atoms with Gasteiger partial charge in [-0.2, -0.15) is 0 Å². The maximum atomic E-state index is 11.9. The first kappa shape index (κ1) is 14.1. The van der Waals surface area contributed by atoms with Gasteiger partial charge in [0.25, 0.3) is 0 Å². The second-order valence-corrected chi connectivity index (χ2v) is 6.53. The van der Waals surface area contributed by atoms with Crippen molar-refractivity contribution in [3.05, 3.63) is 60.2 Å². The number of amides is 1. The second kappa shape index (κ2) is 6.74. The third-order valence-electron chi connectivity index (χ3n) is 2.88. The van der Waals surface area contributed by atoms with Crippen molar-refractivity contribution in [3.8, 4) is 0 Å². The molecule has 1 N–H and O–H groups in total. The molecule has 1 aromatic heterocycles. The van der Waals surface area contributed by atoms with E-state index in [4.69, 9.17) is 0 Å². The first-order chi connectivity index (χ1) is 10.3. The van der Waals surface area contributed by atoms with E-state index in [1.165, 1.54) is 16.9 Å². The fraction of sp³-hybridized carbons (Fsp3) is 0.125. The van der Waals surface area contributed by atoms with Crippen molar-refractivity contribution in [2.45, 2.75) is 5.75 Å². The number of thiazole rings is 1. The van der Waals surface area contributed by atoms with Crippen LogP contribution in [-0.4, -0.2) is 16.6 Å². The zero-order valence-electron chi connectivity index (χ0n) is 11.3. The largest absolute Gasteiger partial charge is 0.301 e. The van der Waals surface area contributed by atoms with Crippen LogP contribution >= 0.6 is 23.1 Å². The Hall–Kier alpha value is -1.85. The van der Waals surface area contributed by atoms with Crippen LogP contribution in [0.3, 0.4) is 0 Å². The molecule has 0 fully saturated rings. The van der Waals surface area contributed by atoms with Crippen LogP contribution in [0.5, 0.6) is 0 Å². The maximum absolute atomic E-state index is 11.9. The summed E-state index contributed by atoms with van der Waals surface area (Å²) in [6.07, 6.45) is 0. The SMILES string of the molecule is O=C(CSCc1ccccc1)Nc1nc2ccccc2s1. The van der Waals surface area contributed by atoms with Crippen LogP contribution in [0.15, 0.2) is 54.6 Å². The van der Waals surface area contributed by atoms with E-state index in [1.54, 1.807) is 11.8 Å². The first-order valence-electron chi connectivity index (χ1n) is 6.58. The van der Waals surface area contributed by atoms with Gasteiger partial charge < -0.3 is 5.32 Å². The summed E-state index contributed by atoms with van der Waals surface area (Å²) in [5.74, 6) is 1.27. The fourth-order valence-electron chi connectivity index (χ4n) is 1.92. The number of carbonyl (C=O) groups excluding carboxylic acids is 1. The summed E-state index contributed by atoms with van der Waals surface area (Å²) in [6.45, 7) is 0. The molecule has 0 spiro atoms. The van der Waals surface area contributed by atoms with Gasteiger partial charge in [0.05, 0.1) is 16.0 Å². The molecule has 3 aromatic rings. The minimum Gasteiger partial charge on any atom is -0.301 e. The van der Waals surface area contributed by atoms with Crippen molar-refractivity contribution in [2.75, 3.05) is 11.1 Å². The molecule has 106 valence electrons. The number of thioether (sulfide) groups is 1. The highest BCUT2D eigenvalue weighted by molar-refractivity contribution is 7.99. The molecule has 0 saturated heterocycles. The van der Waals surface area contributed by atoms with Crippen LogP contribution < -0.4 is 5.32 Å². The molecule has 5 heteroatoms. The molecule has 1 heterocycles. The predicted octanol–water partition coefficient (Wildman–Crippen LogP) is 4.17. The van der Waals surface area contributed by atoms with E-state index in [1.807, 2.05) is 42.5 Å². The molecule has 0 bridgehead atoms. The van der Waals surface area contributed by atoms with Gasteiger partial charge in [-0.25, -0.2) is 4.98 Å². The molecule has 3 rings (SSSR count). The van der Waals surface area contributed by atoms with E-state index >= 15 is 0 Å². The van der Waals surface area contributed by atoms with Crippen LogP contribution in [0, 0.1) is 0 Å². The topological polar surface area (TPSA) is 42.0 Å². The number of benzene rings is 2. The van der Waals surface area contributed by atoms with Crippen molar-refractivity contribution < 1.29 is 4.79 Å². The smallest absolute Gasteiger partial charge is 0.236 e. The average Bonchev–Trinajstić information content (AvgIpc) is 2.90. The van der Waals surface area contributed by atoms with Crippen LogP contribution in [-0.2, 0) is 10.5 Å². The summed E-state index contributed by atoms with van der Waals surface area (Å²) in [4.78, 5) is 16.3. The lowest BCUT2D eigenvalue weighted by atomic mass is 10.2. The van der Waals surface area contributed by atoms with E-state index < -0.39 is 0 Å². The quantitative estimate of drug-likeness (QED) is 0.768. The minimum absolute atomic E-state index is 0.00464. The number of para-hydroxylation sites is 1. The molecule has 1 amide bonds. The first-order valence-corrected chi connectivity index (χ1v) is 8.55. The van der Waals surface area contributed by atoms with E-state index in [2.05, 4.69) is 22.4 Å². The highest BCUT2D eigenvalue weighted by Gasteiger charge is 2.07. The molecule has 0 aliphatic rings. The molecule has 2 aromatic carbocycles. The predicted molar refractivity (Wildman–Crippen MR) is 90.9 cm³/mol. The Morgan fingerprint density at radius 3 is 2.67 bits per heavy atom. The third kappa shape index (κ3) is 3.83. The van der Waals surface area contributed by atoms with Gasteiger partial charge in [-0.1, -0.05) is 53.8 Å². The summed E-state index contributed by atoms with van der Waals surface area (Å²) in [6, 6.07) is 18.0. The number of anilines is 1. The zero-order valence-corrected chi connectivity index (χ0v) is 12.9. The Morgan fingerprint density at radius 2 is 1.86 bits per heavy atom. The molecule has 0 radical (unpaired) electrons. The average molecular weight is 314 g/mol. The maximum Gasteiger partial charge on any atom is 0.236 e. The zero-order chi connectivity index (χ0) is 14.5. The summed E-state index contributed by atoms with van der Waals surface area (Å²) in [7, 11) is 0. The van der Waals surface area contributed by atoms with Crippen LogP contribution in [0.4, 0.5) is 5.13 Å². The fourth-order valence-corrected chi connectivity index (χ4v) is 3.59. The lowest BCUT2D eigenvalue weighted by Crippen LogP contribution is -2.13. The Balaban J connectivity index is 1.52. The van der Waals surface area contributed by atoms with E-state index in [0.717, 1.165) is 16.0 Å². The molecule has 21 heavy (non-hydrogen) atoms.